The molecule has 1 aromatic heterocycles. The Morgan fingerprint density at radius 2 is 1.74 bits per heavy atom. The summed E-state index contributed by atoms with van der Waals surface area (Å²) in [6.45, 7) is 0.786. The Labute approximate surface area is 186 Å². The summed E-state index contributed by atoms with van der Waals surface area (Å²) in [4.78, 5) is 20.0. The molecule has 0 unspecified atom stereocenters. The third-order valence-electron chi connectivity index (χ3n) is 5.74. The van der Waals surface area contributed by atoms with E-state index in [1.54, 1.807) is 11.3 Å². The molecule has 0 bridgehead atoms. The van der Waals surface area contributed by atoms with Crippen molar-refractivity contribution in [3.8, 4) is 16.9 Å². The lowest BCUT2D eigenvalue weighted by Crippen LogP contribution is -2.41. The molecule has 4 nitrogen and oxygen atoms in total. The summed E-state index contributed by atoms with van der Waals surface area (Å²) < 4.78 is 7.21. The number of benzene rings is 3. The van der Waals surface area contributed by atoms with Gasteiger partial charge in [0, 0.05) is 12.1 Å². The summed E-state index contributed by atoms with van der Waals surface area (Å²) in [5, 5.41) is 1.03. The molecule has 0 N–H and O–H groups in total. The van der Waals surface area contributed by atoms with E-state index in [0.717, 1.165) is 53.2 Å². The first-order chi connectivity index (χ1) is 15.3. The van der Waals surface area contributed by atoms with Crippen molar-refractivity contribution in [2.45, 2.75) is 25.3 Å². The summed E-state index contributed by atoms with van der Waals surface area (Å²) in [6, 6.07) is 26.2. The van der Waals surface area contributed by atoms with E-state index in [-0.39, 0.29) is 18.6 Å². The molecule has 5 heteroatoms. The van der Waals surface area contributed by atoms with E-state index in [2.05, 4.69) is 18.2 Å². The lowest BCUT2D eigenvalue weighted by Gasteiger charge is -2.34. The standard InChI is InChI=1S/C26H24N2O2S/c29-25(18-30-23-15-6-4-12-20(23)19-10-2-1-3-11-19)28-17-9-8-14-22(28)26-27-21-13-5-7-16-24(21)31-26/h1-7,10-13,15-16,22H,8-9,14,17-18H2/t22-/m0/s1. The summed E-state index contributed by atoms with van der Waals surface area (Å²) in [7, 11) is 0. The minimum Gasteiger partial charge on any atom is -0.483 e. The van der Waals surface area contributed by atoms with Gasteiger partial charge >= 0.3 is 0 Å². The fourth-order valence-electron chi connectivity index (χ4n) is 4.19. The predicted molar refractivity (Wildman–Crippen MR) is 125 cm³/mol. The second-order valence-corrected chi connectivity index (χ2v) is 8.83. The molecule has 1 saturated heterocycles. The van der Waals surface area contributed by atoms with Gasteiger partial charge in [-0.1, -0.05) is 60.7 Å². The number of carbonyl (C=O) groups is 1. The monoisotopic (exact) mass is 428 g/mol. The molecule has 2 heterocycles. The Kier molecular flexibility index (Phi) is 5.67. The maximum absolute atomic E-state index is 13.2. The Bertz CT molecular complexity index is 1160. The topological polar surface area (TPSA) is 42.4 Å². The molecular weight excluding hydrogens is 404 g/mol. The quantitative estimate of drug-likeness (QED) is 0.386. The van der Waals surface area contributed by atoms with Crippen LogP contribution in [0.1, 0.15) is 30.3 Å². The molecule has 0 saturated carbocycles. The van der Waals surface area contributed by atoms with Crippen LogP contribution >= 0.6 is 11.3 Å². The van der Waals surface area contributed by atoms with E-state index in [0.29, 0.717) is 0 Å². The normalized spacial score (nSPS) is 16.4. The molecule has 3 aromatic carbocycles. The first-order valence-corrected chi connectivity index (χ1v) is 11.5. The zero-order valence-corrected chi connectivity index (χ0v) is 18.1. The zero-order valence-electron chi connectivity index (χ0n) is 17.2. The average molecular weight is 429 g/mol. The van der Waals surface area contributed by atoms with Crippen molar-refractivity contribution in [1.29, 1.82) is 0 Å². The fourth-order valence-corrected chi connectivity index (χ4v) is 5.31. The Morgan fingerprint density at radius 3 is 2.61 bits per heavy atom. The number of rotatable bonds is 5. The Morgan fingerprint density at radius 1 is 0.968 bits per heavy atom. The SMILES string of the molecule is O=C(COc1ccccc1-c1ccccc1)N1CCCC[C@H]1c1nc2ccccc2s1. The maximum Gasteiger partial charge on any atom is 0.261 e. The molecule has 1 aliphatic heterocycles. The maximum atomic E-state index is 13.2. The molecule has 1 atom stereocenters. The largest absolute Gasteiger partial charge is 0.483 e. The number of hydrogen-bond acceptors (Lipinski definition) is 4. The van der Waals surface area contributed by atoms with Gasteiger partial charge in [0.25, 0.3) is 5.91 Å². The van der Waals surface area contributed by atoms with Crippen molar-refractivity contribution in [3.63, 3.8) is 0 Å². The average Bonchev–Trinajstić information content (AvgIpc) is 3.27. The number of ether oxygens (including phenoxy) is 1. The highest BCUT2D eigenvalue weighted by molar-refractivity contribution is 7.18. The molecular formula is C26H24N2O2S. The van der Waals surface area contributed by atoms with Crippen molar-refractivity contribution in [3.05, 3.63) is 83.9 Å². The van der Waals surface area contributed by atoms with Gasteiger partial charge in [-0.2, -0.15) is 0 Å². The van der Waals surface area contributed by atoms with E-state index in [4.69, 9.17) is 9.72 Å². The van der Waals surface area contributed by atoms with Gasteiger partial charge in [0.2, 0.25) is 0 Å². The van der Waals surface area contributed by atoms with Crippen molar-refractivity contribution in [2.24, 2.45) is 0 Å². The van der Waals surface area contributed by atoms with E-state index < -0.39 is 0 Å². The van der Waals surface area contributed by atoms with E-state index in [1.807, 2.05) is 65.6 Å². The predicted octanol–water partition coefficient (Wildman–Crippen LogP) is 6.10. The van der Waals surface area contributed by atoms with Crippen LogP contribution in [0.4, 0.5) is 0 Å². The number of likely N-dealkylation sites (tertiary alicyclic amines) is 1. The number of carbonyl (C=O) groups excluding carboxylic acids is 1. The molecule has 1 amide bonds. The second kappa shape index (κ2) is 8.90. The first kappa shape index (κ1) is 19.8. The van der Waals surface area contributed by atoms with Crippen LogP contribution in [0.5, 0.6) is 5.75 Å². The summed E-state index contributed by atoms with van der Waals surface area (Å²) in [5.74, 6) is 0.752. The molecule has 31 heavy (non-hydrogen) atoms. The number of fused-ring (bicyclic) bond motifs is 1. The smallest absolute Gasteiger partial charge is 0.261 e. The van der Waals surface area contributed by atoms with Crippen LogP contribution in [-0.2, 0) is 4.79 Å². The molecule has 0 spiro atoms. The van der Waals surface area contributed by atoms with Crippen molar-refractivity contribution >= 4 is 27.5 Å². The Hall–Kier alpha value is -3.18. The van der Waals surface area contributed by atoms with Gasteiger partial charge in [0.05, 0.1) is 16.3 Å². The van der Waals surface area contributed by atoms with E-state index in [9.17, 15) is 4.79 Å². The lowest BCUT2D eigenvalue weighted by atomic mass is 10.0. The third kappa shape index (κ3) is 4.19. The van der Waals surface area contributed by atoms with Gasteiger partial charge in [-0.15, -0.1) is 11.3 Å². The molecule has 156 valence electrons. The van der Waals surface area contributed by atoms with Crippen LogP contribution < -0.4 is 4.74 Å². The van der Waals surface area contributed by atoms with Crippen LogP contribution in [0.2, 0.25) is 0 Å². The van der Waals surface area contributed by atoms with Crippen LogP contribution in [0, 0.1) is 0 Å². The van der Waals surface area contributed by atoms with Crippen LogP contribution in [-0.4, -0.2) is 28.9 Å². The van der Waals surface area contributed by atoms with Gasteiger partial charge in [0.15, 0.2) is 6.61 Å². The molecule has 4 aromatic rings. The number of aromatic nitrogens is 1. The summed E-state index contributed by atoms with van der Waals surface area (Å²) in [6.07, 6.45) is 3.09. The van der Waals surface area contributed by atoms with Crippen LogP contribution in [0.15, 0.2) is 78.9 Å². The van der Waals surface area contributed by atoms with Gasteiger partial charge in [-0.25, -0.2) is 4.98 Å². The Balaban J connectivity index is 1.34. The number of amides is 1. The highest BCUT2D eigenvalue weighted by Crippen LogP contribution is 2.36. The van der Waals surface area contributed by atoms with Crippen LogP contribution in [0.3, 0.4) is 0 Å². The molecule has 5 rings (SSSR count). The van der Waals surface area contributed by atoms with Gasteiger partial charge in [-0.05, 0) is 43.0 Å². The fraction of sp³-hybridized carbons (Fsp3) is 0.231. The number of para-hydroxylation sites is 2. The van der Waals surface area contributed by atoms with Crippen LogP contribution in [0.25, 0.3) is 21.3 Å². The highest BCUT2D eigenvalue weighted by Gasteiger charge is 2.30. The van der Waals surface area contributed by atoms with E-state index in [1.165, 1.54) is 4.70 Å². The van der Waals surface area contributed by atoms with Crippen molar-refractivity contribution in [2.75, 3.05) is 13.2 Å². The summed E-state index contributed by atoms with van der Waals surface area (Å²) >= 11 is 1.69. The number of piperidine rings is 1. The lowest BCUT2D eigenvalue weighted by molar-refractivity contribution is -0.137. The van der Waals surface area contributed by atoms with Crippen molar-refractivity contribution < 1.29 is 9.53 Å². The number of nitrogens with zero attached hydrogens (tertiary/aromatic N) is 2. The number of thiazole rings is 1. The third-order valence-corrected chi connectivity index (χ3v) is 6.88. The highest BCUT2D eigenvalue weighted by atomic mass is 32.1. The van der Waals surface area contributed by atoms with Crippen molar-refractivity contribution in [1.82, 2.24) is 9.88 Å². The summed E-state index contributed by atoms with van der Waals surface area (Å²) in [5.41, 5.74) is 3.08. The minimum absolute atomic E-state index is 0.0202. The number of hydrogen-bond donors (Lipinski definition) is 0. The molecule has 0 aliphatic carbocycles. The zero-order chi connectivity index (χ0) is 21.0. The second-order valence-electron chi connectivity index (χ2n) is 7.77. The molecule has 0 radical (unpaired) electrons. The van der Waals surface area contributed by atoms with Gasteiger partial charge in [-0.3, -0.25) is 4.79 Å². The first-order valence-electron chi connectivity index (χ1n) is 10.7. The van der Waals surface area contributed by atoms with Gasteiger partial charge in [0.1, 0.15) is 10.8 Å². The van der Waals surface area contributed by atoms with Gasteiger partial charge < -0.3 is 9.64 Å². The van der Waals surface area contributed by atoms with E-state index >= 15 is 0 Å². The molecule has 1 aliphatic rings. The molecule has 1 fully saturated rings. The minimum atomic E-state index is 0.0202.